The van der Waals surface area contributed by atoms with Gasteiger partial charge in [0.05, 0.1) is 24.7 Å². The van der Waals surface area contributed by atoms with Crippen LogP contribution in [0.4, 0.5) is 0 Å². The maximum atomic E-state index is 15.8. The van der Waals surface area contributed by atoms with Crippen molar-refractivity contribution in [1.82, 2.24) is 60.5 Å². The van der Waals surface area contributed by atoms with Gasteiger partial charge < -0.3 is 75.4 Å². The van der Waals surface area contributed by atoms with Crippen LogP contribution in [0.1, 0.15) is 172 Å². The molecule has 2 aromatic rings. The minimum atomic E-state index is -1.73. The normalized spacial score (nSPS) is 24.9. The van der Waals surface area contributed by atoms with E-state index in [1.165, 1.54) is 80.8 Å². The molecule has 27 nitrogen and oxygen atoms in total. The molecule has 12 amide bonds. The second-order valence-corrected chi connectivity index (χ2v) is 32.2. The topological polar surface area (TPSA) is 329 Å². The number of rotatable bonds is 20. The summed E-state index contributed by atoms with van der Waals surface area (Å²) >= 11 is 6.56. The zero-order valence-corrected chi connectivity index (χ0v) is 68.1. The molecule has 2 aliphatic rings. The van der Waals surface area contributed by atoms with Crippen LogP contribution in [0, 0.1) is 29.6 Å². The van der Waals surface area contributed by atoms with Gasteiger partial charge in [0.2, 0.25) is 70.9 Å². The Labute approximate surface area is 640 Å². The molecule has 0 bridgehead atoms. The number of likely N-dealkylation sites (tertiary alicyclic amines) is 1. The SMILES string of the molecule is CC[C@H](C)[C@@H]1NC(=O)[C@H](C(C)C)N(C)C(=O)CCCN(C)C(=O)C[C@@H](C(=O)N2CCCCC2)NC(=O)[C@H](CC(C)C)N(C)C(=O)[C@H](CC(C)C)N(C)C(=O)[C@H]([C@@H](C)O)NC(=O)[C@H](CC(C)C)N(C)C(=O)[C@H](COCCC(C)(C)O)NC(=O)[C@H](Cc2cccc(Cl)c2)N(C)C(=O)[C@H](Cc2ccccc2)N(C)C1=O. The third kappa shape index (κ3) is 27.4. The molecule has 107 heavy (non-hydrogen) atoms. The number of amides is 12. The number of nitrogens with zero attached hydrogens (tertiary/aromatic N) is 8. The Morgan fingerprint density at radius 2 is 1.03 bits per heavy atom. The van der Waals surface area contributed by atoms with Gasteiger partial charge in [-0.05, 0) is 125 Å². The summed E-state index contributed by atoms with van der Waals surface area (Å²) in [5.74, 6) is -10.2. The van der Waals surface area contributed by atoms with Gasteiger partial charge in [0, 0.05) is 99.9 Å². The molecule has 4 rings (SSSR count). The van der Waals surface area contributed by atoms with Gasteiger partial charge in [-0.25, -0.2) is 0 Å². The van der Waals surface area contributed by atoms with Crippen molar-refractivity contribution in [3.05, 3.63) is 70.7 Å². The Bertz CT molecular complexity index is 3310. The van der Waals surface area contributed by atoms with Crippen LogP contribution < -0.4 is 21.3 Å². The van der Waals surface area contributed by atoms with Gasteiger partial charge in [-0.15, -0.1) is 0 Å². The first kappa shape index (κ1) is 91.6. The number of likely N-dealkylation sites (N-methyl/N-ethyl adjacent to an activating group) is 6. The molecule has 0 spiro atoms. The van der Waals surface area contributed by atoms with E-state index in [1.54, 1.807) is 108 Å². The maximum absolute atomic E-state index is 15.8. The molecule has 2 aromatic carbocycles. The molecule has 2 heterocycles. The van der Waals surface area contributed by atoms with E-state index < -0.39 is 168 Å². The van der Waals surface area contributed by atoms with E-state index >= 15 is 38.4 Å². The zero-order chi connectivity index (χ0) is 80.6. The van der Waals surface area contributed by atoms with Crippen molar-refractivity contribution in [2.45, 2.75) is 246 Å². The van der Waals surface area contributed by atoms with E-state index in [1.807, 2.05) is 34.6 Å². The van der Waals surface area contributed by atoms with Crippen molar-refractivity contribution in [2.24, 2.45) is 29.6 Å². The highest BCUT2D eigenvalue weighted by molar-refractivity contribution is 6.30. The zero-order valence-electron chi connectivity index (χ0n) is 67.3. The van der Waals surface area contributed by atoms with Crippen molar-refractivity contribution in [3.8, 4) is 0 Å². The van der Waals surface area contributed by atoms with E-state index in [0.29, 0.717) is 48.5 Å². The van der Waals surface area contributed by atoms with Crippen LogP contribution in [0.5, 0.6) is 0 Å². The molecule has 6 N–H and O–H groups in total. The largest absolute Gasteiger partial charge is 0.391 e. The molecule has 0 saturated carbocycles. The van der Waals surface area contributed by atoms with E-state index in [-0.39, 0.29) is 82.3 Å². The maximum Gasteiger partial charge on any atom is 0.248 e. The Hall–Kier alpha value is -7.75. The molecule has 12 atom stereocenters. The number of hydrogen-bond acceptors (Lipinski definition) is 15. The monoisotopic (exact) mass is 1520 g/mol. The molecule has 600 valence electrons. The van der Waals surface area contributed by atoms with Crippen LogP contribution in [0.2, 0.25) is 5.02 Å². The van der Waals surface area contributed by atoms with Gasteiger partial charge >= 0.3 is 0 Å². The van der Waals surface area contributed by atoms with Crippen LogP contribution in [0.25, 0.3) is 0 Å². The van der Waals surface area contributed by atoms with Gasteiger partial charge in [-0.3, -0.25) is 57.5 Å². The lowest BCUT2D eigenvalue weighted by atomic mass is 9.94. The molecule has 2 fully saturated rings. The summed E-state index contributed by atoms with van der Waals surface area (Å²) < 4.78 is 6.07. The number of carbonyl (C=O) groups excluding carboxylic acids is 12. The van der Waals surface area contributed by atoms with Gasteiger partial charge in [-0.2, -0.15) is 0 Å². The molecule has 0 aromatic heterocycles. The predicted octanol–water partition coefficient (Wildman–Crippen LogP) is 5.08. The Balaban J connectivity index is 2.00. The lowest BCUT2D eigenvalue weighted by molar-refractivity contribution is -0.152. The second kappa shape index (κ2) is 42.9. The lowest BCUT2D eigenvalue weighted by Gasteiger charge is -2.38. The van der Waals surface area contributed by atoms with Gasteiger partial charge in [-0.1, -0.05) is 130 Å². The third-order valence-corrected chi connectivity index (χ3v) is 20.7. The highest BCUT2D eigenvalue weighted by Crippen LogP contribution is 2.26. The number of carbonyl (C=O) groups is 12. The number of aliphatic hydroxyl groups is 2. The quantitative estimate of drug-likeness (QED) is 0.0942. The average molecular weight is 1520 g/mol. The molecule has 2 saturated heterocycles. The van der Waals surface area contributed by atoms with E-state index in [0.717, 1.165) is 16.2 Å². The van der Waals surface area contributed by atoms with Gasteiger partial charge in [0.25, 0.3) is 0 Å². The van der Waals surface area contributed by atoms with Crippen molar-refractivity contribution in [2.75, 3.05) is 82.2 Å². The summed E-state index contributed by atoms with van der Waals surface area (Å²) in [5.41, 5.74) is -0.0821. The molecule has 0 aliphatic carbocycles. The molecule has 2 aliphatic heterocycles. The Morgan fingerprint density at radius 1 is 0.542 bits per heavy atom. The highest BCUT2D eigenvalue weighted by Gasteiger charge is 2.45. The van der Waals surface area contributed by atoms with Gasteiger partial charge in [0.1, 0.15) is 60.4 Å². The highest BCUT2D eigenvalue weighted by atomic mass is 35.5. The van der Waals surface area contributed by atoms with Crippen LogP contribution in [-0.4, -0.2) is 275 Å². The van der Waals surface area contributed by atoms with Gasteiger partial charge in [0.15, 0.2) is 0 Å². The summed E-state index contributed by atoms with van der Waals surface area (Å²) in [6.07, 6.45) is 0.490. The number of benzene rings is 2. The molecular weight excluding hydrogens is 1390 g/mol. The summed E-state index contributed by atoms with van der Waals surface area (Å²) in [6.45, 7) is 22.7. The summed E-state index contributed by atoms with van der Waals surface area (Å²) in [7, 11) is 9.95. The van der Waals surface area contributed by atoms with Crippen LogP contribution in [0.3, 0.4) is 0 Å². The molecule has 0 unspecified atom stereocenters. The predicted molar refractivity (Wildman–Crippen MR) is 410 cm³/mol. The van der Waals surface area contributed by atoms with E-state index in [4.69, 9.17) is 16.3 Å². The Morgan fingerprint density at radius 3 is 1.57 bits per heavy atom. The summed E-state index contributed by atoms with van der Waals surface area (Å²) in [6, 6.07) is 1.61. The third-order valence-electron chi connectivity index (χ3n) is 20.5. The smallest absolute Gasteiger partial charge is 0.248 e. The number of ether oxygens (including phenoxy) is 1. The van der Waals surface area contributed by atoms with Crippen LogP contribution in [-0.2, 0) is 75.1 Å². The molecule has 28 heteroatoms. The second-order valence-electron chi connectivity index (χ2n) is 31.8. The first-order valence-electron chi connectivity index (χ1n) is 38.1. The summed E-state index contributed by atoms with van der Waals surface area (Å²) in [4.78, 5) is 191. The van der Waals surface area contributed by atoms with Crippen LogP contribution in [0.15, 0.2) is 54.6 Å². The van der Waals surface area contributed by atoms with Crippen molar-refractivity contribution in [1.29, 1.82) is 0 Å². The number of aliphatic hydroxyl groups excluding tert-OH is 1. The fourth-order valence-electron chi connectivity index (χ4n) is 13.6. The number of piperidine rings is 1. The lowest BCUT2D eigenvalue weighted by Crippen LogP contribution is -2.63. The van der Waals surface area contributed by atoms with E-state index in [2.05, 4.69) is 21.3 Å². The first-order chi connectivity index (χ1) is 50.0. The fraction of sp³-hybridized carbons (Fsp3) is 0.696. The molecule has 0 radical (unpaired) electrons. The standard InChI is InChI=1S/C79H127ClN12O15/c1-21-52(10)66-77(104)90(19)63(44-54-30-24-22-25-31-54)76(103)88(17)61(45-55-32-28-33-56(80)43-55)70(97)82-58(47-107-39-35-79(12,13)106)73(100)86(15)60(41-49(4)5)71(98)84-67(53(11)93)78(105)89(18)62(42-50(6)7)75(102)87(16)59(40-48(2)3)69(96)81-57(74(101)92-37-26-23-27-38-92)46-65(95)85(14)36-29-34-64(94)91(20)68(51(8)9)72(99)83-66/h22,24-25,28,30-33,43,48-53,57-63,66-68,93,106H,21,23,26-27,29,34-42,44-47H2,1-20H3,(H,81,96)(H,82,97)(H,83,99)(H,84,98)/t52-,53+,57-,58-,59-,60-,61-,62-,63-,66-,67-,68-/m0/s1. The minimum absolute atomic E-state index is 0.0287. The Kier molecular flexibility index (Phi) is 36.7. The van der Waals surface area contributed by atoms with E-state index in [9.17, 15) is 29.4 Å². The van der Waals surface area contributed by atoms with Crippen molar-refractivity contribution >= 4 is 82.5 Å². The number of nitrogens with one attached hydrogen (secondary N) is 4. The summed E-state index contributed by atoms with van der Waals surface area (Å²) in [5, 5.41) is 33.9. The molecular formula is C79H127ClN12O15. The first-order valence-corrected chi connectivity index (χ1v) is 38.5. The van der Waals surface area contributed by atoms with Crippen molar-refractivity contribution in [3.63, 3.8) is 0 Å². The average Bonchev–Trinajstić information content (AvgIpc) is 0.813. The number of hydrogen-bond donors (Lipinski definition) is 6. The van der Waals surface area contributed by atoms with Crippen molar-refractivity contribution < 1.29 is 72.5 Å². The number of halogens is 1. The minimum Gasteiger partial charge on any atom is -0.391 e. The fourth-order valence-corrected chi connectivity index (χ4v) is 13.8. The van der Waals surface area contributed by atoms with Crippen LogP contribution >= 0.6 is 11.6 Å².